The lowest BCUT2D eigenvalue weighted by Crippen LogP contribution is -2.12. The molecule has 0 aliphatic heterocycles. The Kier molecular flexibility index (Phi) is 6.46. The van der Waals surface area contributed by atoms with Crippen molar-refractivity contribution < 1.29 is 4.79 Å². The fraction of sp³-hybridized carbons (Fsp3) is 0.423. The molecule has 2 aromatic heterocycles. The first-order valence-corrected chi connectivity index (χ1v) is 10.9. The van der Waals surface area contributed by atoms with E-state index in [0.29, 0.717) is 5.92 Å². The average molecular weight is 391 g/mol. The topological polar surface area (TPSA) is 26.9 Å². The maximum absolute atomic E-state index is 13.8. The highest BCUT2D eigenvalue weighted by atomic mass is 16.1. The molecule has 0 saturated heterocycles. The van der Waals surface area contributed by atoms with E-state index < -0.39 is 0 Å². The Morgan fingerprint density at radius 1 is 1.07 bits per heavy atom. The molecule has 1 unspecified atom stereocenters. The van der Waals surface area contributed by atoms with E-state index in [1.54, 1.807) is 0 Å². The first-order chi connectivity index (χ1) is 13.9. The second-order valence-corrected chi connectivity index (χ2v) is 8.02. The van der Waals surface area contributed by atoms with Gasteiger partial charge in [0.25, 0.3) is 0 Å². The highest BCUT2D eigenvalue weighted by molar-refractivity contribution is 6.17. The van der Waals surface area contributed by atoms with Gasteiger partial charge in [-0.05, 0) is 50.8 Å². The van der Waals surface area contributed by atoms with Gasteiger partial charge in [0.05, 0.1) is 11.3 Å². The molecule has 0 aliphatic rings. The number of benzene rings is 1. The lowest BCUT2D eigenvalue weighted by atomic mass is 10.0. The molecule has 0 saturated carbocycles. The average Bonchev–Trinajstić information content (AvgIpc) is 3.20. The fourth-order valence-corrected chi connectivity index (χ4v) is 4.19. The van der Waals surface area contributed by atoms with E-state index in [-0.39, 0.29) is 5.78 Å². The predicted molar refractivity (Wildman–Crippen MR) is 124 cm³/mol. The summed E-state index contributed by atoms with van der Waals surface area (Å²) in [5.41, 5.74) is 6.15. The summed E-state index contributed by atoms with van der Waals surface area (Å²) in [5.74, 6) is 0.662. The van der Waals surface area contributed by atoms with Gasteiger partial charge in [-0.25, -0.2) is 0 Å². The number of ketones is 1. The smallest absolute Gasteiger partial charge is 0.211 e. The summed E-state index contributed by atoms with van der Waals surface area (Å²) in [6, 6.07) is 10.4. The van der Waals surface area contributed by atoms with Crippen molar-refractivity contribution >= 4 is 22.8 Å². The lowest BCUT2D eigenvalue weighted by Gasteiger charge is -2.09. The summed E-state index contributed by atoms with van der Waals surface area (Å²) in [6.45, 7) is 14.6. The Balaban J connectivity index is 2.14. The minimum absolute atomic E-state index is 0.127. The van der Waals surface area contributed by atoms with Crippen molar-refractivity contribution in [3.63, 3.8) is 0 Å². The van der Waals surface area contributed by atoms with E-state index in [9.17, 15) is 4.79 Å². The van der Waals surface area contributed by atoms with Crippen LogP contribution in [-0.4, -0.2) is 14.9 Å². The normalized spacial score (nSPS) is 12.9. The molecule has 0 radical (unpaired) electrons. The van der Waals surface area contributed by atoms with Gasteiger partial charge in [0, 0.05) is 35.4 Å². The number of nitrogens with zero attached hydrogens (tertiary/aromatic N) is 2. The van der Waals surface area contributed by atoms with Crippen LogP contribution >= 0.6 is 0 Å². The van der Waals surface area contributed by atoms with E-state index in [0.717, 1.165) is 65.0 Å². The van der Waals surface area contributed by atoms with Crippen molar-refractivity contribution in [1.82, 2.24) is 9.13 Å². The third kappa shape index (κ3) is 3.83. The van der Waals surface area contributed by atoms with Crippen molar-refractivity contribution in [3.8, 4) is 0 Å². The molecule has 1 atom stereocenters. The SMILES string of the molecule is CCCn1c(C)c(C(=O)c2cc(/C=C\C(C)CC)c(C)n2CC)c2ccccc21. The molecule has 3 aromatic rings. The summed E-state index contributed by atoms with van der Waals surface area (Å²) < 4.78 is 4.45. The van der Waals surface area contributed by atoms with E-state index in [2.05, 4.69) is 87.1 Å². The zero-order valence-corrected chi connectivity index (χ0v) is 18.7. The first-order valence-electron chi connectivity index (χ1n) is 10.9. The van der Waals surface area contributed by atoms with Gasteiger partial charge < -0.3 is 9.13 Å². The van der Waals surface area contributed by atoms with Crippen molar-refractivity contribution in [2.45, 2.75) is 67.5 Å². The zero-order chi connectivity index (χ0) is 21.1. The van der Waals surface area contributed by atoms with Crippen molar-refractivity contribution in [3.05, 3.63) is 64.6 Å². The number of para-hydroxylation sites is 1. The standard InChI is InChI=1S/C26H34N2O/c1-7-16-28-20(6)25(22-12-10-11-13-23(22)28)26(29)24-17-21(15-14-18(4)8-2)19(5)27(24)9-3/h10-15,17-18H,7-9,16H2,1-6H3/b15-14-. The third-order valence-electron chi connectivity index (χ3n) is 6.11. The molecule has 0 fully saturated rings. The molecular formula is C26H34N2O. The van der Waals surface area contributed by atoms with Gasteiger partial charge in [-0.3, -0.25) is 4.79 Å². The second-order valence-electron chi connectivity index (χ2n) is 8.02. The van der Waals surface area contributed by atoms with Crippen LogP contribution in [0.2, 0.25) is 0 Å². The highest BCUT2D eigenvalue weighted by Crippen LogP contribution is 2.30. The zero-order valence-electron chi connectivity index (χ0n) is 18.7. The molecule has 29 heavy (non-hydrogen) atoms. The van der Waals surface area contributed by atoms with Gasteiger partial charge in [0.15, 0.2) is 0 Å². The molecule has 3 nitrogen and oxygen atoms in total. The van der Waals surface area contributed by atoms with Gasteiger partial charge in [-0.1, -0.05) is 57.5 Å². The van der Waals surface area contributed by atoms with E-state index >= 15 is 0 Å². The van der Waals surface area contributed by atoms with Crippen LogP contribution in [0, 0.1) is 19.8 Å². The molecule has 154 valence electrons. The molecule has 1 aromatic carbocycles. The monoisotopic (exact) mass is 390 g/mol. The Morgan fingerprint density at radius 2 is 1.79 bits per heavy atom. The highest BCUT2D eigenvalue weighted by Gasteiger charge is 2.24. The van der Waals surface area contributed by atoms with Crippen LogP contribution in [0.5, 0.6) is 0 Å². The van der Waals surface area contributed by atoms with Crippen molar-refractivity contribution in [1.29, 1.82) is 0 Å². The maximum atomic E-state index is 13.8. The van der Waals surface area contributed by atoms with Gasteiger partial charge >= 0.3 is 0 Å². The molecule has 0 spiro atoms. The summed E-state index contributed by atoms with van der Waals surface area (Å²) >= 11 is 0. The Labute approximate surface area is 175 Å². The molecule has 0 N–H and O–H groups in total. The number of fused-ring (bicyclic) bond motifs is 1. The van der Waals surface area contributed by atoms with E-state index in [1.807, 2.05) is 6.07 Å². The van der Waals surface area contributed by atoms with Crippen LogP contribution in [0.15, 0.2) is 36.4 Å². The number of hydrogen-bond donors (Lipinski definition) is 0. The number of allylic oxidation sites excluding steroid dienone is 1. The number of hydrogen-bond acceptors (Lipinski definition) is 1. The van der Waals surface area contributed by atoms with Crippen LogP contribution in [0.4, 0.5) is 0 Å². The summed E-state index contributed by atoms with van der Waals surface area (Å²) in [5, 5.41) is 1.06. The predicted octanol–water partition coefficient (Wildman–Crippen LogP) is 6.78. The van der Waals surface area contributed by atoms with Crippen molar-refractivity contribution in [2.75, 3.05) is 0 Å². The van der Waals surface area contributed by atoms with Gasteiger partial charge in [-0.2, -0.15) is 0 Å². The molecule has 2 heterocycles. The first kappa shape index (κ1) is 21.2. The minimum Gasteiger partial charge on any atom is -0.344 e. The number of aryl methyl sites for hydroxylation is 1. The van der Waals surface area contributed by atoms with Crippen LogP contribution in [0.25, 0.3) is 17.0 Å². The summed E-state index contributed by atoms with van der Waals surface area (Å²) in [6.07, 6.45) is 6.59. The fourth-order valence-electron chi connectivity index (χ4n) is 4.19. The number of aromatic nitrogens is 2. The van der Waals surface area contributed by atoms with Gasteiger partial charge in [0.2, 0.25) is 5.78 Å². The minimum atomic E-state index is 0.127. The molecule has 0 aliphatic carbocycles. The number of carbonyl (C=O) groups excluding carboxylic acids is 1. The lowest BCUT2D eigenvalue weighted by molar-refractivity contribution is 0.103. The number of rotatable bonds is 8. The maximum Gasteiger partial charge on any atom is 0.211 e. The summed E-state index contributed by atoms with van der Waals surface area (Å²) in [4.78, 5) is 13.8. The Morgan fingerprint density at radius 3 is 2.45 bits per heavy atom. The second kappa shape index (κ2) is 8.86. The third-order valence-corrected chi connectivity index (χ3v) is 6.11. The van der Waals surface area contributed by atoms with E-state index in [4.69, 9.17) is 0 Å². The Hall–Kier alpha value is -2.55. The van der Waals surface area contributed by atoms with Crippen LogP contribution < -0.4 is 0 Å². The largest absolute Gasteiger partial charge is 0.344 e. The van der Waals surface area contributed by atoms with Gasteiger partial charge in [0.1, 0.15) is 0 Å². The van der Waals surface area contributed by atoms with Crippen LogP contribution in [0.3, 0.4) is 0 Å². The molecule has 0 bridgehead atoms. The summed E-state index contributed by atoms with van der Waals surface area (Å²) in [7, 11) is 0. The van der Waals surface area contributed by atoms with E-state index in [1.165, 1.54) is 0 Å². The Bertz CT molecular complexity index is 1050. The van der Waals surface area contributed by atoms with Crippen molar-refractivity contribution in [2.24, 2.45) is 5.92 Å². The molecule has 3 heteroatoms. The van der Waals surface area contributed by atoms with Gasteiger partial charge in [-0.15, -0.1) is 0 Å². The molecule has 3 rings (SSSR count). The molecular weight excluding hydrogens is 356 g/mol. The van der Waals surface area contributed by atoms with Crippen LogP contribution in [-0.2, 0) is 13.1 Å². The molecule has 0 amide bonds. The van der Waals surface area contributed by atoms with Crippen LogP contribution in [0.1, 0.15) is 73.5 Å². The number of carbonyl (C=O) groups is 1. The quantitative estimate of drug-likeness (QED) is 0.389.